The Morgan fingerprint density at radius 2 is 0.486 bits per heavy atom. The fraction of sp³-hybridized carbons (Fsp3) is 0.0294. The first kappa shape index (κ1) is 43.9. The van der Waals surface area contributed by atoms with Gasteiger partial charge in [0.1, 0.15) is 0 Å². The van der Waals surface area contributed by atoms with Gasteiger partial charge in [0.05, 0.1) is 22.8 Å². The molecule has 2 heterocycles. The van der Waals surface area contributed by atoms with Crippen LogP contribution in [0.1, 0.15) is 24.0 Å². The summed E-state index contributed by atoms with van der Waals surface area (Å²) in [6.07, 6.45) is 6.84. The first-order chi connectivity index (χ1) is 35.7. The normalized spacial score (nSPS) is 12.2. The standard InChI is InChI=1S/C68H48N4/c1-5-17-53(18-6-1)63-45-65(71-67(69-63)57-21-9-3-10-22-57)55-41-33-49(34-42-55)47-29-37-51(38-30-47)59-25-13-15-27-61(59)62-28-16-14-26-60(62)52-39-31-48(32-40-52)50-35-43-56(44-36-50)66-46-64(54-19-7-2-8-20-54)70-68(72-66)58-23-11-4-12-24-58/h1-13,15,17-46H,14,16H2. The maximum Gasteiger partial charge on any atom is 0.160 e. The molecular weight excluding hydrogens is 873 g/mol. The van der Waals surface area contributed by atoms with Crippen LogP contribution in [0.25, 0.3) is 112 Å². The van der Waals surface area contributed by atoms with Crippen molar-refractivity contribution in [2.24, 2.45) is 0 Å². The third-order valence-corrected chi connectivity index (χ3v) is 13.4. The highest BCUT2D eigenvalue weighted by Gasteiger charge is 2.18. The molecule has 0 radical (unpaired) electrons. The average molecular weight is 921 g/mol. The van der Waals surface area contributed by atoms with Gasteiger partial charge in [0, 0.05) is 33.4 Å². The summed E-state index contributed by atoms with van der Waals surface area (Å²) in [6, 6.07) is 89.5. The predicted molar refractivity (Wildman–Crippen MR) is 298 cm³/mol. The highest BCUT2D eigenvalue weighted by atomic mass is 14.9. The molecule has 0 aliphatic heterocycles. The van der Waals surface area contributed by atoms with Gasteiger partial charge in [-0.25, -0.2) is 19.9 Å². The molecule has 4 nitrogen and oxygen atoms in total. The van der Waals surface area contributed by atoms with Crippen LogP contribution in [-0.4, -0.2) is 19.9 Å². The molecular formula is C68H48N4. The van der Waals surface area contributed by atoms with Crippen LogP contribution in [-0.2, 0) is 0 Å². The topological polar surface area (TPSA) is 51.6 Å². The van der Waals surface area contributed by atoms with Gasteiger partial charge in [-0.3, -0.25) is 0 Å². The van der Waals surface area contributed by atoms with Crippen molar-refractivity contribution < 1.29 is 0 Å². The summed E-state index contributed by atoms with van der Waals surface area (Å²) in [7, 11) is 0. The molecule has 2 aromatic heterocycles. The monoisotopic (exact) mass is 920 g/mol. The van der Waals surface area contributed by atoms with E-state index in [-0.39, 0.29) is 0 Å². The minimum atomic E-state index is 0.714. The Labute approximate surface area is 421 Å². The Morgan fingerprint density at radius 1 is 0.208 bits per heavy atom. The van der Waals surface area contributed by atoms with Crippen molar-refractivity contribution in [3.63, 3.8) is 0 Å². The molecule has 72 heavy (non-hydrogen) atoms. The Kier molecular flexibility index (Phi) is 12.1. The van der Waals surface area contributed by atoms with Gasteiger partial charge in [-0.05, 0) is 80.6 Å². The highest BCUT2D eigenvalue weighted by Crippen LogP contribution is 2.41. The first-order valence-electron chi connectivity index (χ1n) is 24.6. The fourth-order valence-corrected chi connectivity index (χ4v) is 9.66. The Balaban J connectivity index is 0.775. The van der Waals surface area contributed by atoms with Crippen LogP contribution < -0.4 is 0 Å². The van der Waals surface area contributed by atoms with Gasteiger partial charge in [0.2, 0.25) is 0 Å². The Hall–Kier alpha value is -9.38. The van der Waals surface area contributed by atoms with Gasteiger partial charge in [-0.1, -0.05) is 255 Å². The summed E-state index contributed by atoms with van der Waals surface area (Å²) in [4.78, 5) is 20.0. The van der Waals surface area contributed by atoms with Gasteiger partial charge in [-0.15, -0.1) is 0 Å². The zero-order valence-corrected chi connectivity index (χ0v) is 39.6. The molecule has 0 N–H and O–H groups in total. The summed E-state index contributed by atoms with van der Waals surface area (Å²) in [5.74, 6) is 1.43. The molecule has 9 aromatic carbocycles. The van der Waals surface area contributed by atoms with E-state index in [4.69, 9.17) is 19.9 Å². The summed E-state index contributed by atoms with van der Waals surface area (Å²) in [5.41, 5.74) is 21.9. The molecule has 0 fully saturated rings. The van der Waals surface area contributed by atoms with Crippen LogP contribution in [0.3, 0.4) is 0 Å². The van der Waals surface area contributed by atoms with Crippen molar-refractivity contribution >= 4 is 11.1 Å². The van der Waals surface area contributed by atoms with Crippen molar-refractivity contribution in [1.82, 2.24) is 19.9 Å². The summed E-state index contributed by atoms with van der Waals surface area (Å²) in [5, 5.41) is 0. The van der Waals surface area contributed by atoms with Crippen LogP contribution >= 0.6 is 0 Å². The van der Waals surface area contributed by atoms with Crippen molar-refractivity contribution in [2.45, 2.75) is 12.8 Å². The van der Waals surface area contributed by atoms with E-state index in [1.807, 2.05) is 72.8 Å². The maximum absolute atomic E-state index is 5.04. The summed E-state index contributed by atoms with van der Waals surface area (Å²) >= 11 is 0. The third kappa shape index (κ3) is 9.25. The molecule has 0 bridgehead atoms. The average Bonchev–Trinajstić information content (AvgIpc) is 3.48. The van der Waals surface area contributed by atoms with Gasteiger partial charge in [-0.2, -0.15) is 0 Å². The van der Waals surface area contributed by atoms with Gasteiger partial charge in [0.25, 0.3) is 0 Å². The van der Waals surface area contributed by atoms with Crippen molar-refractivity contribution in [2.75, 3.05) is 0 Å². The lowest BCUT2D eigenvalue weighted by Gasteiger charge is -2.20. The molecule has 4 heteroatoms. The highest BCUT2D eigenvalue weighted by molar-refractivity contribution is 6.08. The van der Waals surface area contributed by atoms with Gasteiger partial charge in [0.15, 0.2) is 11.6 Å². The lowest BCUT2D eigenvalue weighted by Crippen LogP contribution is -1.98. The number of rotatable bonds is 11. The van der Waals surface area contributed by atoms with Crippen molar-refractivity contribution in [1.29, 1.82) is 0 Å². The number of hydrogen-bond acceptors (Lipinski definition) is 4. The van der Waals surface area contributed by atoms with E-state index in [9.17, 15) is 0 Å². The summed E-state index contributed by atoms with van der Waals surface area (Å²) in [6.45, 7) is 0. The Morgan fingerprint density at radius 3 is 0.875 bits per heavy atom. The molecule has 12 rings (SSSR count). The predicted octanol–water partition coefficient (Wildman–Crippen LogP) is 17.5. The maximum atomic E-state index is 5.04. The second kappa shape index (κ2) is 19.9. The third-order valence-electron chi connectivity index (χ3n) is 13.4. The minimum Gasteiger partial charge on any atom is -0.228 e. The zero-order chi connectivity index (χ0) is 48.1. The molecule has 0 saturated heterocycles. The van der Waals surface area contributed by atoms with E-state index in [1.54, 1.807) is 0 Å². The van der Waals surface area contributed by atoms with Crippen LogP contribution in [0.15, 0.2) is 267 Å². The number of allylic oxidation sites excluding steroid dienone is 4. The first-order valence-corrected chi connectivity index (χ1v) is 24.6. The second-order valence-electron chi connectivity index (χ2n) is 18.1. The lowest BCUT2D eigenvalue weighted by atomic mass is 9.83. The van der Waals surface area contributed by atoms with E-state index >= 15 is 0 Å². The van der Waals surface area contributed by atoms with E-state index in [0.717, 1.165) is 85.7 Å². The molecule has 1 aliphatic carbocycles. The minimum absolute atomic E-state index is 0.714. The molecule has 0 spiro atoms. The number of nitrogens with zero attached hydrogens (tertiary/aromatic N) is 4. The molecule has 340 valence electrons. The Bertz CT molecular complexity index is 3600. The summed E-state index contributed by atoms with van der Waals surface area (Å²) < 4.78 is 0. The van der Waals surface area contributed by atoms with Crippen LogP contribution in [0.2, 0.25) is 0 Å². The van der Waals surface area contributed by atoms with Crippen LogP contribution in [0.5, 0.6) is 0 Å². The smallest absolute Gasteiger partial charge is 0.160 e. The van der Waals surface area contributed by atoms with Crippen LogP contribution in [0.4, 0.5) is 0 Å². The van der Waals surface area contributed by atoms with Crippen molar-refractivity contribution in [3.05, 3.63) is 278 Å². The number of aromatic nitrogens is 4. The number of benzene rings is 9. The molecule has 0 amide bonds. The lowest BCUT2D eigenvalue weighted by molar-refractivity contribution is 1.04. The SMILES string of the molecule is C1=C(c2ccc(-c3ccc(-c4cc(-c5ccccc5)nc(-c5ccccc5)n4)cc3)cc2)C(c2ccccc2-c2ccc(-c3ccc(-c4cc(-c5ccccc5)nc(-c5ccccc5)n4)cc3)cc2)=CCC1. The van der Waals surface area contributed by atoms with Gasteiger partial charge >= 0.3 is 0 Å². The molecule has 0 unspecified atom stereocenters. The van der Waals surface area contributed by atoms with Crippen LogP contribution in [0, 0.1) is 0 Å². The van der Waals surface area contributed by atoms with Crippen molar-refractivity contribution in [3.8, 4) is 101 Å². The second-order valence-corrected chi connectivity index (χ2v) is 18.1. The zero-order valence-electron chi connectivity index (χ0n) is 39.6. The molecule has 1 aliphatic rings. The van der Waals surface area contributed by atoms with E-state index in [0.29, 0.717) is 11.6 Å². The fourth-order valence-electron chi connectivity index (χ4n) is 9.66. The largest absolute Gasteiger partial charge is 0.228 e. The molecule has 0 atom stereocenters. The van der Waals surface area contributed by atoms with Gasteiger partial charge < -0.3 is 0 Å². The van der Waals surface area contributed by atoms with E-state index in [2.05, 4.69) is 194 Å². The number of hydrogen-bond donors (Lipinski definition) is 0. The molecule has 0 saturated carbocycles. The van der Waals surface area contributed by atoms with E-state index < -0.39 is 0 Å². The van der Waals surface area contributed by atoms with E-state index in [1.165, 1.54) is 39.0 Å². The quantitative estimate of drug-likeness (QED) is 0.130. The molecule has 11 aromatic rings.